The fourth-order valence-corrected chi connectivity index (χ4v) is 4.00. The SMILES string of the molecule is CS(=O)(=O)c1ccccc1C(=O)N(Cc1ccc(C(=O)NCC(F)(F)F)cc1)C1CC1. The molecular formula is C21H21F3N2O4S. The largest absolute Gasteiger partial charge is 0.405 e. The maximum absolute atomic E-state index is 13.1. The summed E-state index contributed by atoms with van der Waals surface area (Å²) in [5.41, 5.74) is 0.837. The summed E-state index contributed by atoms with van der Waals surface area (Å²) in [6, 6.07) is 11.9. The number of rotatable bonds is 7. The Hall–Kier alpha value is -2.88. The lowest BCUT2D eigenvalue weighted by Crippen LogP contribution is -2.34. The highest BCUT2D eigenvalue weighted by Gasteiger charge is 2.34. The fourth-order valence-electron chi connectivity index (χ4n) is 3.12. The van der Waals surface area contributed by atoms with Gasteiger partial charge in [0.15, 0.2) is 9.84 Å². The van der Waals surface area contributed by atoms with E-state index in [4.69, 9.17) is 0 Å². The molecule has 31 heavy (non-hydrogen) atoms. The van der Waals surface area contributed by atoms with Gasteiger partial charge in [-0.25, -0.2) is 8.42 Å². The maximum Gasteiger partial charge on any atom is 0.405 e. The van der Waals surface area contributed by atoms with Crippen LogP contribution in [0, 0.1) is 0 Å². The Morgan fingerprint density at radius 1 is 1.06 bits per heavy atom. The quantitative estimate of drug-likeness (QED) is 0.697. The van der Waals surface area contributed by atoms with Gasteiger partial charge in [-0.2, -0.15) is 13.2 Å². The lowest BCUT2D eigenvalue weighted by atomic mass is 10.1. The molecular weight excluding hydrogens is 433 g/mol. The highest BCUT2D eigenvalue weighted by molar-refractivity contribution is 7.90. The van der Waals surface area contributed by atoms with Gasteiger partial charge < -0.3 is 10.2 Å². The molecule has 1 N–H and O–H groups in total. The van der Waals surface area contributed by atoms with Crippen molar-refractivity contribution in [2.24, 2.45) is 0 Å². The van der Waals surface area contributed by atoms with E-state index in [1.165, 1.54) is 24.3 Å². The topological polar surface area (TPSA) is 83.6 Å². The van der Waals surface area contributed by atoms with E-state index in [0.717, 1.165) is 19.1 Å². The van der Waals surface area contributed by atoms with E-state index in [-0.39, 0.29) is 28.6 Å². The van der Waals surface area contributed by atoms with Crippen LogP contribution in [0.15, 0.2) is 53.4 Å². The predicted octanol–water partition coefficient (Wildman–Crippen LogP) is 3.19. The fraction of sp³-hybridized carbons (Fsp3) is 0.333. The first-order valence-corrected chi connectivity index (χ1v) is 11.4. The molecule has 0 spiro atoms. The van der Waals surface area contributed by atoms with E-state index < -0.39 is 34.4 Å². The Morgan fingerprint density at radius 2 is 1.68 bits per heavy atom. The van der Waals surface area contributed by atoms with Gasteiger partial charge in [0.05, 0.1) is 10.5 Å². The Morgan fingerprint density at radius 3 is 2.23 bits per heavy atom. The number of nitrogens with one attached hydrogen (secondary N) is 1. The van der Waals surface area contributed by atoms with Crippen LogP contribution in [0.1, 0.15) is 39.1 Å². The Kier molecular flexibility index (Phi) is 6.40. The molecule has 0 radical (unpaired) electrons. The summed E-state index contributed by atoms with van der Waals surface area (Å²) in [6.07, 6.45) is -1.86. The average Bonchev–Trinajstić information content (AvgIpc) is 3.54. The molecule has 1 aliphatic rings. The predicted molar refractivity (Wildman–Crippen MR) is 107 cm³/mol. The smallest absolute Gasteiger partial charge is 0.343 e. The summed E-state index contributed by atoms with van der Waals surface area (Å²) in [6.45, 7) is -1.23. The van der Waals surface area contributed by atoms with Crippen molar-refractivity contribution in [1.82, 2.24) is 10.2 Å². The lowest BCUT2D eigenvalue weighted by Gasteiger charge is -2.24. The molecule has 1 aliphatic carbocycles. The van der Waals surface area contributed by atoms with Gasteiger partial charge in [-0.3, -0.25) is 9.59 Å². The molecule has 3 rings (SSSR count). The maximum atomic E-state index is 13.1. The van der Waals surface area contributed by atoms with Crippen LogP contribution in [-0.2, 0) is 16.4 Å². The number of sulfone groups is 1. The number of alkyl halides is 3. The van der Waals surface area contributed by atoms with Gasteiger partial charge in [0.2, 0.25) is 0 Å². The van der Waals surface area contributed by atoms with Crippen LogP contribution >= 0.6 is 0 Å². The minimum atomic E-state index is -4.50. The van der Waals surface area contributed by atoms with Gasteiger partial charge in [-0.15, -0.1) is 0 Å². The third-order valence-electron chi connectivity index (χ3n) is 4.78. The highest BCUT2D eigenvalue weighted by Crippen LogP contribution is 2.31. The van der Waals surface area contributed by atoms with Crippen LogP contribution < -0.4 is 5.32 Å². The monoisotopic (exact) mass is 454 g/mol. The molecule has 0 aliphatic heterocycles. The summed E-state index contributed by atoms with van der Waals surface area (Å²) in [4.78, 5) is 26.5. The summed E-state index contributed by atoms with van der Waals surface area (Å²) in [5, 5.41) is 1.80. The number of benzene rings is 2. The zero-order chi connectivity index (χ0) is 22.8. The number of amides is 2. The van der Waals surface area contributed by atoms with Crippen molar-refractivity contribution >= 4 is 21.7 Å². The Balaban J connectivity index is 1.76. The number of carbonyl (C=O) groups is 2. The van der Waals surface area contributed by atoms with E-state index in [2.05, 4.69) is 0 Å². The van der Waals surface area contributed by atoms with Gasteiger partial charge in [0, 0.05) is 24.4 Å². The molecule has 10 heteroatoms. The highest BCUT2D eigenvalue weighted by atomic mass is 32.2. The second-order valence-electron chi connectivity index (χ2n) is 7.43. The second-order valence-corrected chi connectivity index (χ2v) is 9.41. The zero-order valence-electron chi connectivity index (χ0n) is 16.6. The first-order valence-electron chi connectivity index (χ1n) is 9.49. The molecule has 0 atom stereocenters. The number of nitrogens with zero attached hydrogens (tertiary/aromatic N) is 1. The van der Waals surface area contributed by atoms with E-state index in [1.54, 1.807) is 34.5 Å². The number of halogens is 3. The van der Waals surface area contributed by atoms with Crippen LogP contribution in [0.2, 0.25) is 0 Å². The third kappa shape index (κ3) is 6.06. The molecule has 1 fully saturated rings. The van der Waals surface area contributed by atoms with Crippen molar-refractivity contribution in [3.05, 3.63) is 65.2 Å². The van der Waals surface area contributed by atoms with Gasteiger partial charge in [0.1, 0.15) is 6.54 Å². The van der Waals surface area contributed by atoms with Crippen LogP contribution in [0.3, 0.4) is 0 Å². The van der Waals surface area contributed by atoms with Crippen LogP contribution in [0.5, 0.6) is 0 Å². The van der Waals surface area contributed by atoms with Crippen LogP contribution in [0.25, 0.3) is 0 Å². The Labute approximate surface area is 178 Å². The van der Waals surface area contributed by atoms with Crippen molar-refractivity contribution < 1.29 is 31.2 Å². The van der Waals surface area contributed by atoms with Crippen molar-refractivity contribution in [3.63, 3.8) is 0 Å². The molecule has 2 amide bonds. The van der Waals surface area contributed by atoms with E-state index in [1.807, 2.05) is 0 Å². The molecule has 2 aromatic rings. The van der Waals surface area contributed by atoms with E-state index in [0.29, 0.717) is 5.56 Å². The molecule has 0 heterocycles. The normalized spacial score (nSPS) is 14.2. The first kappa shape index (κ1) is 22.8. The number of carbonyl (C=O) groups excluding carboxylic acids is 2. The summed E-state index contributed by atoms with van der Waals surface area (Å²) in [5.74, 6) is -1.25. The van der Waals surface area contributed by atoms with E-state index in [9.17, 15) is 31.2 Å². The lowest BCUT2D eigenvalue weighted by molar-refractivity contribution is -0.123. The van der Waals surface area contributed by atoms with E-state index >= 15 is 0 Å². The van der Waals surface area contributed by atoms with Gasteiger partial charge in [-0.05, 0) is 42.7 Å². The molecule has 0 aromatic heterocycles. The van der Waals surface area contributed by atoms with Crippen molar-refractivity contribution in [2.45, 2.75) is 36.5 Å². The summed E-state index contributed by atoms with van der Waals surface area (Å²) < 4.78 is 60.9. The van der Waals surface area contributed by atoms with Crippen LogP contribution in [-0.4, -0.2) is 50.2 Å². The minimum Gasteiger partial charge on any atom is -0.343 e. The number of hydrogen-bond donors (Lipinski definition) is 1. The van der Waals surface area contributed by atoms with Gasteiger partial charge >= 0.3 is 6.18 Å². The molecule has 6 nitrogen and oxygen atoms in total. The summed E-state index contributed by atoms with van der Waals surface area (Å²) >= 11 is 0. The van der Waals surface area contributed by atoms with Crippen molar-refractivity contribution in [2.75, 3.05) is 12.8 Å². The Bertz CT molecular complexity index is 1080. The first-order chi connectivity index (χ1) is 14.5. The van der Waals surface area contributed by atoms with Crippen molar-refractivity contribution in [1.29, 1.82) is 0 Å². The molecule has 0 bridgehead atoms. The van der Waals surface area contributed by atoms with Gasteiger partial charge in [-0.1, -0.05) is 24.3 Å². The van der Waals surface area contributed by atoms with Gasteiger partial charge in [0.25, 0.3) is 11.8 Å². The molecule has 2 aromatic carbocycles. The number of hydrogen-bond acceptors (Lipinski definition) is 4. The average molecular weight is 454 g/mol. The summed E-state index contributed by atoms with van der Waals surface area (Å²) in [7, 11) is -3.59. The standard InChI is InChI=1S/C21H21F3N2O4S/c1-31(29,30)18-5-3-2-4-17(18)20(28)26(16-10-11-16)12-14-6-8-15(9-7-14)19(27)25-13-21(22,23)24/h2-9,16H,10-13H2,1H3,(H,25,27). The molecule has 166 valence electrons. The molecule has 0 unspecified atom stereocenters. The minimum absolute atomic E-state index is 0.0186. The zero-order valence-corrected chi connectivity index (χ0v) is 17.5. The molecule has 1 saturated carbocycles. The van der Waals surface area contributed by atoms with Crippen LogP contribution in [0.4, 0.5) is 13.2 Å². The molecule has 0 saturated heterocycles. The van der Waals surface area contributed by atoms with Crippen molar-refractivity contribution in [3.8, 4) is 0 Å². The third-order valence-corrected chi connectivity index (χ3v) is 5.94. The second kappa shape index (κ2) is 8.70.